The van der Waals surface area contributed by atoms with Crippen LogP contribution in [-0.2, 0) is 10.0 Å². The van der Waals surface area contributed by atoms with Crippen LogP contribution in [0.1, 0.15) is 29.8 Å². The number of rotatable bonds is 6. The minimum absolute atomic E-state index is 0.0459. The normalized spacial score (nSPS) is 11.9. The summed E-state index contributed by atoms with van der Waals surface area (Å²) in [5, 5.41) is 9.10. The molecule has 1 rings (SSSR count). The zero-order valence-corrected chi connectivity index (χ0v) is 14.5. The molecule has 0 unspecified atom stereocenters. The summed E-state index contributed by atoms with van der Waals surface area (Å²) in [7, 11) is -3.82. The van der Waals surface area contributed by atoms with Gasteiger partial charge < -0.3 is 5.11 Å². The number of halogens is 1. The summed E-state index contributed by atoms with van der Waals surface area (Å²) in [5.41, 5.74) is 0.493. The first-order chi connectivity index (χ1) is 9.62. The minimum Gasteiger partial charge on any atom is -0.478 e. The van der Waals surface area contributed by atoms with E-state index in [-0.39, 0.29) is 23.0 Å². The first-order valence-electron chi connectivity index (χ1n) is 6.29. The lowest BCUT2D eigenvalue weighted by atomic mass is 10.1. The van der Waals surface area contributed by atoms with Gasteiger partial charge in [0.1, 0.15) is 0 Å². The van der Waals surface area contributed by atoms with Crippen molar-refractivity contribution >= 4 is 31.9 Å². The zero-order valence-electron chi connectivity index (χ0n) is 12.1. The van der Waals surface area contributed by atoms with Gasteiger partial charge in [0.05, 0.1) is 10.5 Å². The van der Waals surface area contributed by atoms with Crippen LogP contribution >= 0.6 is 15.9 Å². The fourth-order valence-corrected chi connectivity index (χ4v) is 4.50. The van der Waals surface area contributed by atoms with E-state index in [2.05, 4.69) is 22.5 Å². The average molecular weight is 376 g/mol. The van der Waals surface area contributed by atoms with E-state index in [9.17, 15) is 13.2 Å². The second-order valence-corrected chi connectivity index (χ2v) is 7.52. The summed E-state index contributed by atoms with van der Waals surface area (Å²) in [4.78, 5) is 11.1. The van der Waals surface area contributed by atoms with Crippen LogP contribution in [0.2, 0.25) is 0 Å². The Balaban J connectivity index is 3.56. The Labute approximate surface area is 133 Å². The lowest BCUT2D eigenvalue weighted by Crippen LogP contribution is -2.37. The van der Waals surface area contributed by atoms with Gasteiger partial charge in [0, 0.05) is 17.1 Å². The number of hydrogen-bond acceptors (Lipinski definition) is 3. The van der Waals surface area contributed by atoms with Crippen LogP contribution in [0.3, 0.4) is 0 Å². The lowest BCUT2D eigenvalue weighted by molar-refractivity contribution is 0.0696. The van der Waals surface area contributed by atoms with Gasteiger partial charge >= 0.3 is 5.97 Å². The van der Waals surface area contributed by atoms with E-state index in [0.29, 0.717) is 10.0 Å². The smallest absolute Gasteiger partial charge is 0.335 e. The van der Waals surface area contributed by atoms with E-state index >= 15 is 0 Å². The van der Waals surface area contributed by atoms with Gasteiger partial charge in [-0.25, -0.2) is 13.2 Å². The lowest BCUT2D eigenvalue weighted by Gasteiger charge is -2.25. The molecule has 0 aromatic heterocycles. The largest absolute Gasteiger partial charge is 0.478 e. The van der Waals surface area contributed by atoms with Gasteiger partial charge in [0.2, 0.25) is 10.0 Å². The molecule has 0 spiro atoms. The highest BCUT2D eigenvalue weighted by atomic mass is 79.9. The number of hydrogen-bond donors (Lipinski definition) is 1. The van der Waals surface area contributed by atoms with E-state index in [4.69, 9.17) is 5.11 Å². The summed E-state index contributed by atoms with van der Waals surface area (Å²) < 4.78 is 27.2. The first kappa shape index (κ1) is 17.9. The Hall–Kier alpha value is -1.18. The van der Waals surface area contributed by atoms with E-state index in [1.54, 1.807) is 20.8 Å². The molecule has 0 radical (unpaired) electrons. The van der Waals surface area contributed by atoms with Gasteiger partial charge in [-0.15, -0.1) is 6.58 Å². The van der Waals surface area contributed by atoms with Crippen molar-refractivity contribution in [1.29, 1.82) is 0 Å². The van der Waals surface area contributed by atoms with Gasteiger partial charge in [-0.3, -0.25) is 0 Å². The van der Waals surface area contributed by atoms with Crippen molar-refractivity contribution in [2.45, 2.75) is 31.7 Å². The third kappa shape index (κ3) is 3.72. The van der Waals surface area contributed by atoms with Crippen molar-refractivity contribution in [2.24, 2.45) is 0 Å². The number of carboxylic acids is 1. The third-order valence-electron chi connectivity index (χ3n) is 2.94. The number of aromatic carboxylic acids is 1. The Kier molecular flexibility index (Phi) is 5.72. The molecule has 0 atom stereocenters. The summed E-state index contributed by atoms with van der Waals surface area (Å²) in [6, 6.07) is 2.33. The summed E-state index contributed by atoms with van der Waals surface area (Å²) in [5.74, 6) is -1.16. The predicted octanol–water partition coefficient (Wildman–Crippen LogP) is 3.04. The number of benzene rings is 1. The minimum atomic E-state index is -3.82. The zero-order chi connectivity index (χ0) is 16.4. The molecular formula is C14H18BrNO4S. The molecule has 0 saturated carbocycles. The van der Waals surface area contributed by atoms with Gasteiger partial charge in [-0.05, 0) is 54.4 Å². The predicted molar refractivity (Wildman–Crippen MR) is 85.1 cm³/mol. The first-order valence-corrected chi connectivity index (χ1v) is 8.52. The van der Waals surface area contributed by atoms with Gasteiger partial charge in [-0.1, -0.05) is 6.08 Å². The van der Waals surface area contributed by atoms with Crippen molar-refractivity contribution < 1.29 is 18.3 Å². The molecular weight excluding hydrogens is 358 g/mol. The molecule has 21 heavy (non-hydrogen) atoms. The molecule has 1 aromatic rings. The van der Waals surface area contributed by atoms with Crippen molar-refractivity contribution in [3.05, 3.63) is 40.4 Å². The maximum absolute atomic E-state index is 12.8. The SMILES string of the molecule is C=CCN(C(C)C)S(=O)(=O)c1cc(C(=O)O)cc(C)c1Br. The van der Waals surface area contributed by atoms with E-state index < -0.39 is 16.0 Å². The molecule has 5 nitrogen and oxygen atoms in total. The monoisotopic (exact) mass is 375 g/mol. The average Bonchev–Trinajstić information content (AvgIpc) is 2.37. The Morgan fingerprint density at radius 1 is 1.48 bits per heavy atom. The Bertz CT molecular complexity index is 668. The van der Waals surface area contributed by atoms with Crippen molar-refractivity contribution in [3.8, 4) is 0 Å². The fourth-order valence-electron chi connectivity index (χ4n) is 1.89. The molecule has 0 amide bonds. The Morgan fingerprint density at radius 2 is 2.05 bits per heavy atom. The highest BCUT2D eigenvalue weighted by Crippen LogP contribution is 2.30. The quantitative estimate of drug-likeness (QED) is 0.775. The van der Waals surface area contributed by atoms with Crippen LogP contribution < -0.4 is 0 Å². The molecule has 0 aliphatic carbocycles. The number of aryl methyl sites for hydroxylation is 1. The molecule has 116 valence electrons. The number of carboxylic acid groups (broad SMARTS) is 1. The van der Waals surface area contributed by atoms with Crippen LogP contribution in [-0.4, -0.2) is 36.4 Å². The highest BCUT2D eigenvalue weighted by molar-refractivity contribution is 9.10. The molecule has 0 bridgehead atoms. The number of nitrogens with zero attached hydrogens (tertiary/aromatic N) is 1. The second kappa shape index (κ2) is 6.72. The molecule has 0 saturated heterocycles. The maximum atomic E-state index is 12.8. The summed E-state index contributed by atoms with van der Waals surface area (Å²) >= 11 is 3.24. The van der Waals surface area contributed by atoms with E-state index in [1.807, 2.05) is 0 Å². The van der Waals surface area contributed by atoms with Crippen LogP contribution in [0.15, 0.2) is 34.2 Å². The van der Waals surface area contributed by atoms with Crippen LogP contribution in [0.4, 0.5) is 0 Å². The number of sulfonamides is 1. The maximum Gasteiger partial charge on any atom is 0.335 e. The molecule has 7 heteroatoms. The fraction of sp³-hybridized carbons (Fsp3) is 0.357. The highest BCUT2D eigenvalue weighted by Gasteiger charge is 2.29. The summed E-state index contributed by atoms with van der Waals surface area (Å²) in [6.07, 6.45) is 1.50. The third-order valence-corrected chi connectivity index (χ3v) is 6.32. The van der Waals surface area contributed by atoms with E-state index in [0.717, 1.165) is 0 Å². The van der Waals surface area contributed by atoms with Crippen molar-refractivity contribution in [3.63, 3.8) is 0 Å². The van der Waals surface area contributed by atoms with Crippen LogP contribution in [0.5, 0.6) is 0 Å². The topological polar surface area (TPSA) is 74.7 Å². The van der Waals surface area contributed by atoms with Crippen LogP contribution in [0.25, 0.3) is 0 Å². The molecule has 1 aromatic carbocycles. The molecule has 1 N–H and O–H groups in total. The van der Waals surface area contributed by atoms with Crippen molar-refractivity contribution in [2.75, 3.05) is 6.54 Å². The van der Waals surface area contributed by atoms with Crippen molar-refractivity contribution in [1.82, 2.24) is 4.31 Å². The molecule has 0 aliphatic rings. The number of carbonyl (C=O) groups is 1. The molecule has 0 aliphatic heterocycles. The summed E-state index contributed by atoms with van der Waals surface area (Å²) in [6.45, 7) is 8.88. The second-order valence-electron chi connectivity index (χ2n) is 4.87. The molecule has 0 heterocycles. The Morgan fingerprint density at radius 3 is 2.48 bits per heavy atom. The van der Waals surface area contributed by atoms with Gasteiger partial charge in [0.25, 0.3) is 0 Å². The standard InChI is InChI=1S/C14H18BrNO4S/c1-5-6-16(9(2)3)21(19,20)12-8-11(14(17)18)7-10(4)13(12)15/h5,7-9H,1,6H2,2-4H3,(H,17,18). The van der Waals surface area contributed by atoms with E-state index in [1.165, 1.54) is 22.5 Å². The van der Waals surface area contributed by atoms with Crippen LogP contribution in [0, 0.1) is 6.92 Å². The molecule has 0 fully saturated rings. The van der Waals surface area contributed by atoms with Gasteiger partial charge in [0.15, 0.2) is 0 Å². The van der Waals surface area contributed by atoms with Gasteiger partial charge in [-0.2, -0.15) is 4.31 Å².